The lowest BCUT2D eigenvalue weighted by Gasteiger charge is -2.18. The Hall–Kier alpha value is -2.69. The van der Waals surface area contributed by atoms with Gasteiger partial charge in [-0.25, -0.2) is 0 Å². The number of phenols is 1. The summed E-state index contributed by atoms with van der Waals surface area (Å²) in [5.41, 5.74) is 3.01. The Labute approximate surface area is 192 Å². The maximum atomic E-state index is 13.4. The van der Waals surface area contributed by atoms with Crippen LogP contribution in [0.1, 0.15) is 73.1 Å². The van der Waals surface area contributed by atoms with Crippen LogP contribution >= 0.6 is 0 Å². The van der Waals surface area contributed by atoms with Crippen molar-refractivity contribution in [1.29, 1.82) is 0 Å². The van der Waals surface area contributed by atoms with Gasteiger partial charge < -0.3 is 19.1 Å². The second-order valence-corrected chi connectivity index (χ2v) is 8.55. The first-order valence-corrected chi connectivity index (χ1v) is 11.8. The highest BCUT2D eigenvalue weighted by atomic mass is 16.5. The zero-order valence-corrected chi connectivity index (χ0v) is 20.4. The van der Waals surface area contributed by atoms with E-state index in [1.165, 1.54) is 11.1 Å². The van der Waals surface area contributed by atoms with Gasteiger partial charge in [-0.1, -0.05) is 43.9 Å². The van der Waals surface area contributed by atoms with Gasteiger partial charge in [0.15, 0.2) is 5.75 Å². The summed E-state index contributed by atoms with van der Waals surface area (Å²) in [7, 11) is 0. The SMILES string of the molecule is CCCCOc1c(OC/C=C(\C)CCC=C(C)C)c(=O)n(CCCC)c2cc(O)ccc12. The fraction of sp³-hybridized carbons (Fsp3) is 0.519. The molecule has 2 aromatic rings. The van der Waals surface area contributed by atoms with Crippen LogP contribution < -0.4 is 15.0 Å². The number of ether oxygens (including phenoxy) is 2. The number of hydrogen-bond acceptors (Lipinski definition) is 4. The zero-order valence-electron chi connectivity index (χ0n) is 20.4. The van der Waals surface area contributed by atoms with Gasteiger partial charge >= 0.3 is 0 Å². The van der Waals surface area contributed by atoms with E-state index in [1.54, 1.807) is 22.8 Å². The number of benzene rings is 1. The van der Waals surface area contributed by atoms with Crippen LogP contribution in [0.25, 0.3) is 10.9 Å². The Bertz CT molecular complexity index is 997. The van der Waals surface area contributed by atoms with Gasteiger partial charge in [0.05, 0.1) is 12.1 Å². The number of nitrogens with zero attached hydrogens (tertiary/aromatic N) is 1. The van der Waals surface area contributed by atoms with Gasteiger partial charge in [-0.3, -0.25) is 4.79 Å². The van der Waals surface area contributed by atoms with Crippen LogP contribution in [0.15, 0.2) is 46.3 Å². The number of aryl methyl sites for hydroxylation is 1. The van der Waals surface area contributed by atoms with E-state index in [1.807, 2.05) is 6.08 Å². The van der Waals surface area contributed by atoms with Crippen molar-refractivity contribution in [2.75, 3.05) is 13.2 Å². The van der Waals surface area contributed by atoms with Crippen molar-refractivity contribution in [2.24, 2.45) is 0 Å². The van der Waals surface area contributed by atoms with Crippen molar-refractivity contribution in [1.82, 2.24) is 4.57 Å². The summed E-state index contributed by atoms with van der Waals surface area (Å²) in [5.74, 6) is 0.857. The zero-order chi connectivity index (χ0) is 23.5. The number of phenolic OH excluding ortho intramolecular Hbond substituents is 1. The molecule has 0 fully saturated rings. The fourth-order valence-corrected chi connectivity index (χ4v) is 3.47. The molecule has 32 heavy (non-hydrogen) atoms. The van der Waals surface area contributed by atoms with Crippen LogP contribution in [0.2, 0.25) is 0 Å². The van der Waals surface area contributed by atoms with Gasteiger partial charge in [-0.15, -0.1) is 0 Å². The highest BCUT2D eigenvalue weighted by molar-refractivity contribution is 5.89. The largest absolute Gasteiger partial charge is 0.508 e. The van der Waals surface area contributed by atoms with Crippen molar-refractivity contribution >= 4 is 10.9 Å². The van der Waals surface area contributed by atoms with E-state index in [0.29, 0.717) is 31.0 Å². The molecule has 0 amide bonds. The van der Waals surface area contributed by atoms with Gasteiger partial charge in [0.2, 0.25) is 5.75 Å². The van der Waals surface area contributed by atoms with Crippen LogP contribution in [-0.4, -0.2) is 22.9 Å². The third-order valence-corrected chi connectivity index (χ3v) is 5.39. The average molecular weight is 442 g/mol. The number of fused-ring (bicyclic) bond motifs is 1. The normalized spacial score (nSPS) is 11.6. The Morgan fingerprint density at radius 1 is 1.03 bits per heavy atom. The first-order valence-electron chi connectivity index (χ1n) is 11.8. The molecule has 0 saturated heterocycles. The minimum Gasteiger partial charge on any atom is -0.508 e. The number of hydrogen-bond donors (Lipinski definition) is 1. The predicted molar refractivity (Wildman–Crippen MR) is 133 cm³/mol. The van der Waals surface area contributed by atoms with Gasteiger partial charge in [0, 0.05) is 18.0 Å². The van der Waals surface area contributed by atoms with Crippen LogP contribution in [0.5, 0.6) is 17.2 Å². The number of aromatic nitrogens is 1. The predicted octanol–water partition coefficient (Wildman–Crippen LogP) is 6.76. The molecule has 1 N–H and O–H groups in total. The monoisotopic (exact) mass is 441 g/mol. The minimum absolute atomic E-state index is 0.130. The van der Waals surface area contributed by atoms with Crippen molar-refractivity contribution < 1.29 is 14.6 Å². The molecule has 176 valence electrons. The number of allylic oxidation sites excluding steroid dienone is 3. The van der Waals surface area contributed by atoms with E-state index >= 15 is 0 Å². The number of pyridine rings is 1. The summed E-state index contributed by atoms with van der Waals surface area (Å²) < 4.78 is 13.8. The lowest BCUT2D eigenvalue weighted by molar-refractivity contribution is 0.278. The molecule has 5 nitrogen and oxygen atoms in total. The Kier molecular flexibility index (Phi) is 10.4. The van der Waals surface area contributed by atoms with Gasteiger partial charge in [0.1, 0.15) is 12.4 Å². The Balaban J connectivity index is 2.43. The molecule has 0 aliphatic rings. The topological polar surface area (TPSA) is 60.7 Å². The standard InChI is InChI=1S/C27H39NO4/c1-6-8-16-28-24-19-22(29)13-14-23(24)25(31-17-9-7-2)26(27(28)30)32-18-15-21(5)12-10-11-20(3)4/h11,13-15,19,29H,6-10,12,16-18H2,1-5H3/b21-15+. The summed E-state index contributed by atoms with van der Waals surface area (Å²) in [6, 6.07) is 5.07. The first-order chi connectivity index (χ1) is 15.4. The quantitative estimate of drug-likeness (QED) is 0.276. The third kappa shape index (κ3) is 7.18. The first kappa shape index (κ1) is 25.6. The molecule has 0 saturated carbocycles. The van der Waals surface area contributed by atoms with Crippen LogP contribution in [0, 0.1) is 0 Å². The molecule has 0 spiro atoms. The molecule has 1 aromatic heterocycles. The van der Waals surface area contributed by atoms with E-state index in [4.69, 9.17) is 9.47 Å². The maximum absolute atomic E-state index is 13.4. The average Bonchev–Trinajstić information content (AvgIpc) is 2.75. The summed E-state index contributed by atoms with van der Waals surface area (Å²) in [5, 5.41) is 10.8. The molecule has 2 rings (SSSR count). The molecule has 1 heterocycles. The Morgan fingerprint density at radius 3 is 2.47 bits per heavy atom. The number of rotatable bonds is 13. The van der Waals surface area contributed by atoms with E-state index in [0.717, 1.165) is 43.9 Å². The molecule has 0 bridgehead atoms. The number of unbranched alkanes of at least 4 members (excludes halogenated alkanes) is 2. The molecule has 0 radical (unpaired) electrons. The number of aromatic hydroxyl groups is 1. The molecule has 1 aromatic carbocycles. The van der Waals surface area contributed by atoms with Crippen LogP contribution in [0.3, 0.4) is 0 Å². The van der Waals surface area contributed by atoms with Crippen LogP contribution in [0.4, 0.5) is 0 Å². The highest BCUT2D eigenvalue weighted by Crippen LogP contribution is 2.35. The van der Waals surface area contributed by atoms with E-state index in [2.05, 4.69) is 40.7 Å². The van der Waals surface area contributed by atoms with Gasteiger partial charge in [-0.05, 0) is 64.7 Å². The Morgan fingerprint density at radius 2 is 1.78 bits per heavy atom. The third-order valence-electron chi connectivity index (χ3n) is 5.39. The molecule has 0 aliphatic heterocycles. The van der Waals surface area contributed by atoms with Gasteiger partial charge in [0.25, 0.3) is 5.56 Å². The summed E-state index contributed by atoms with van der Waals surface area (Å²) in [6.45, 7) is 11.9. The van der Waals surface area contributed by atoms with Crippen molar-refractivity contribution in [3.63, 3.8) is 0 Å². The second kappa shape index (κ2) is 13.0. The maximum Gasteiger partial charge on any atom is 0.297 e. The lowest BCUT2D eigenvalue weighted by Crippen LogP contribution is -2.24. The van der Waals surface area contributed by atoms with Crippen molar-refractivity contribution in [2.45, 2.75) is 79.7 Å². The summed E-state index contributed by atoms with van der Waals surface area (Å²) in [6.07, 6.45) is 9.94. The van der Waals surface area contributed by atoms with Crippen molar-refractivity contribution in [3.8, 4) is 17.2 Å². The minimum atomic E-state index is -0.210. The summed E-state index contributed by atoms with van der Waals surface area (Å²) in [4.78, 5) is 13.4. The summed E-state index contributed by atoms with van der Waals surface area (Å²) >= 11 is 0. The molecule has 0 aliphatic carbocycles. The highest BCUT2D eigenvalue weighted by Gasteiger charge is 2.20. The fourth-order valence-electron chi connectivity index (χ4n) is 3.47. The lowest BCUT2D eigenvalue weighted by atomic mass is 10.1. The van der Waals surface area contributed by atoms with E-state index < -0.39 is 0 Å². The molecule has 0 atom stereocenters. The molecular weight excluding hydrogens is 402 g/mol. The molecular formula is C27H39NO4. The second-order valence-electron chi connectivity index (χ2n) is 8.55. The smallest absolute Gasteiger partial charge is 0.297 e. The van der Waals surface area contributed by atoms with E-state index in [-0.39, 0.29) is 17.1 Å². The molecule has 0 unspecified atom stereocenters. The van der Waals surface area contributed by atoms with Crippen LogP contribution in [-0.2, 0) is 6.54 Å². The van der Waals surface area contributed by atoms with Gasteiger partial charge in [-0.2, -0.15) is 0 Å². The van der Waals surface area contributed by atoms with Crippen molar-refractivity contribution in [3.05, 3.63) is 51.9 Å². The molecule has 5 heteroatoms. The van der Waals surface area contributed by atoms with E-state index in [9.17, 15) is 9.90 Å².